The zero-order valence-electron chi connectivity index (χ0n) is 31.7. The summed E-state index contributed by atoms with van der Waals surface area (Å²) < 4.78 is 40.4. The van der Waals surface area contributed by atoms with Gasteiger partial charge < -0.3 is 26.5 Å². The molecule has 1 unspecified atom stereocenters. The van der Waals surface area contributed by atoms with Crippen molar-refractivity contribution < 1.29 is 26.5 Å². The second kappa shape index (κ2) is 15.1. The first kappa shape index (κ1) is 36.2. The molecular weight excluding hydrogens is 698 g/mol. The lowest BCUT2D eigenvalue weighted by molar-refractivity contribution is 0.385. The van der Waals surface area contributed by atoms with Crippen LogP contribution in [0.2, 0.25) is 0 Å². The van der Waals surface area contributed by atoms with E-state index in [4.69, 9.17) is 26.5 Å². The van der Waals surface area contributed by atoms with E-state index in [0.717, 1.165) is 77.6 Å². The maximum atomic E-state index is 7.00. The molecule has 0 aliphatic carbocycles. The number of aryl methyl sites for hydroxylation is 7. The molecular formula is C45H44O6P2. The van der Waals surface area contributed by atoms with Gasteiger partial charge in [-0.05, 0) is 131 Å². The third-order valence-corrected chi connectivity index (χ3v) is 11.8. The summed E-state index contributed by atoms with van der Waals surface area (Å²) in [5, 5.41) is 1.94. The Labute approximate surface area is 313 Å². The molecule has 1 atom stereocenters. The highest BCUT2D eigenvalue weighted by atomic mass is 31.2. The van der Waals surface area contributed by atoms with Crippen LogP contribution in [-0.2, 0) is 0 Å². The van der Waals surface area contributed by atoms with Gasteiger partial charge in [0.2, 0.25) is 0 Å². The third-order valence-electron chi connectivity index (χ3n) is 9.81. The van der Waals surface area contributed by atoms with Crippen molar-refractivity contribution >= 4 is 38.8 Å². The van der Waals surface area contributed by atoms with E-state index in [9.17, 15) is 0 Å². The molecule has 6 nitrogen and oxygen atoms in total. The zero-order valence-corrected chi connectivity index (χ0v) is 33.4. The van der Waals surface area contributed by atoms with Crippen molar-refractivity contribution in [1.29, 1.82) is 0 Å². The second-order valence-electron chi connectivity index (χ2n) is 13.7. The lowest BCUT2D eigenvalue weighted by Gasteiger charge is -2.26. The van der Waals surface area contributed by atoms with E-state index >= 15 is 0 Å². The monoisotopic (exact) mass is 742 g/mol. The van der Waals surface area contributed by atoms with Gasteiger partial charge in [0.15, 0.2) is 0 Å². The molecule has 0 amide bonds. The van der Waals surface area contributed by atoms with Crippen LogP contribution >= 0.6 is 16.8 Å². The van der Waals surface area contributed by atoms with Crippen LogP contribution < -0.4 is 18.1 Å². The lowest BCUT2D eigenvalue weighted by Crippen LogP contribution is -2.07. The highest BCUT2D eigenvalue weighted by Crippen LogP contribution is 2.53. The van der Waals surface area contributed by atoms with Crippen molar-refractivity contribution in [2.45, 2.75) is 62.3 Å². The molecule has 0 aliphatic heterocycles. The van der Waals surface area contributed by atoms with E-state index in [0.29, 0.717) is 28.6 Å². The fourth-order valence-electron chi connectivity index (χ4n) is 6.61. The summed E-state index contributed by atoms with van der Waals surface area (Å²) in [5.41, 5.74) is 12.6. The second-order valence-corrected chi connectivity index (χ2v) is 15.6. The van der Waals surface area contributed by atoms with E-state index in [1.165, 1.54) is 0 Å². The maximum Gasteiger partial charge on any atom is 0.530 e. The first-order valence-electron chi connectivity index (χ1n) is 17.7. The van der Waals surface area contributed by atoms with Crippen molar-refractivity contribution in [2.24, 2.45) is 0 Å². The molecule has 1 aromatic heterocycles. The number of para-hydroxylation sites is 4. The first-order chi connectivity index (χ1) is 25.5. The smallest absolute Gasteiger partial charge is 0.408 e. The average molecular weight is 743 g/mol. The van der Waals surface area contributed by atoms with Crippen molar-refractivity contribution in [1.82, 2.24) is 0 Å². The van der Waals surface area contributed by atoms with Crippen LogP contribution in [-0.4, -0.2) is 0 Å². The quantitative estimate of drug-likeness (QED) is 0.137. The van der Waals surface area contributed by atoms with Gasteiger partial charge in [-0.15, -0.1) is 0 Å². The van der Waals surface area contributed by atoms with Crippen molar-refractivity contribution in [3.8, 4) is 34.1 Å². The van der Waals surface area contributed by atoms with Gasteiger partial charge in [0.25, 0.3) is 0 Å². The van der Waals surface area contributed by atoms with Crippen LogP contribution in [0, 0.1) is 62.3 Å². The van der Waals surface area contributed by atoms with E-state index < -0.39 is 16.8 Å². The molecule has 270 valence electrons. The van der Waals surface area contributed by atoms with Crippen LogP contribution in [0.15, 0.2) is 112 Å². The van der Waals surface area contributed by atoms with Gasteiger partial charge in [-0.25, -0.2) is 0 Å². The largest absolute Gasteiger partial charge is 0.530 e. The molecule has 7 rings (SSSR count). The Kier molecular flexibility index (Phi) is 10.3. The van der Waals surface area contributed by atoms with Gasteiger partial charge in [0.05, 0.1) is 0 Å². The fourth-order valence-corrected chi connectivity index (χ4v) is 9.05. The number of hydrogen-bond acceptors (Lipinski definition) is 6. The Hall–Kier alpha value is -5.15. The molecule has 1 heterocycles. The molecule has 0 saturated carbocycles. The summed E-state index contributed by atoms with van der Waals surface area (Å²) in [6.45, 7) is 18.7. The molecule has 0 spiro atoms. The van der Waals surface area contributed by atoms with Crippen molar-refractivity contribution in [3.63, 3.8) is 0 Å². The normalized spacial score (nSPS) is 11.6. The summed E-state index contributed by atoms with van der Waals surface area (Å²) in [6.07, 6.45) is 0. The third kappa shape index (κ3) is 7.27. The molecule has 53 heavy (non-hydrogen) atoms. The average Bonchev–Trinajstić information content (AvgIpc) is 3.29. The Balaban J connectivity index is 1.43. The van der Waals surface area contributed by atoms with Gasteiger partial charge in [-0.3, -0.25) is 0 Å². The zero-order chi connectivity index (χ0) is 37.4. The minimum Gasteiger partial charge on any atom is -0.408 e. The minimum absolute atomic E-state index is 0.668. The van der Waals surface area contributed by atoms with Gasteiger partial charge in [0.1, 0.15) is 34.2 Å². The van der Waals surface area contributed by atoms with Crippen molar-refractivity contribution in [2.75, 3.05) is 0 Å². The van der Waals surface area contributed by atoms with Gasteiger partial charge in [-0.1, -0.05) is 84.9 Å². The number of fused-ring (bicyclic) bond motifs is 3. The minimum atomic E-state index is -1.97. The maximum absolute atomic E-state index is 7.00. The lowest BCUT2D eigenvalue weighted by atomic mass is 9.87. The SMILES string of the molecule is Cc1ccccc1OP(Oc1ccccc1C)Oc1c(C)cc(C)c(C)c1-c1c(C)c(C)cc(C)c1Op1oc2ccccc2c2cccc(C)c2o1. The van der Waals surface area contributed by atoms with Crippen LogP contribution in [0.25, 0.3) is 33.1 Å². The van der Waals surface area contributed by atoms with E-state index in [-0.39, 0.29) is 0 Å². The molecule has 0 radical (unpaired) electrons. The number of benzene rings is 6. The fraction of sp³-hybridized carbons (Fsp3) is 0.200. The van der Waals surface area contributed by atoms with Crippen molar-refractivity contribution in [3.05, 3.63) is 153 Å². The Bertz CT molecular complexity index is 2490. The molecule has 0 fully saturated rings. The molecule has 7 aromatic rings. The van der Waals surface area contributed by atoms with E-state index in [1.807, 2.05) is 99.6 Å². The predicted octanol–water partition coefficient (Wildman–Crippen LogP) is 14.3. The highest BCUT2D eigenvalue weighted by Gasteiger charge is 2.29. The topological polar surface area (TPSA) is 63.2 Å². The summed E-state index contributed by atoms with van der Waals surface area (Å²) in [4.78, 5) is 0. The van der Waals surface area contributed by atoms with Gasteiger partial charge in [0, 0.05) is 21.9 Å². The summed E-state index contributed by atoms with van der Waals surface area (Å²) in [7, 11) is -3.89. The van der Waals surface area contributed by atoms with Gasteiger partial charge >= 0.3 is 16.8 Å². The van der Waals surface area contributed by atoms with E-state index in [1.54, 1.807) is 0 Å². The predicted molar refractivity (Wildman–Crippen MR) is 219 cm³/mol. The van der Waals surface area contributed by atoms with Gasteiger partial charge in [-0.2, -0.15) is 0 Å². The number of rotatable bonds is 9. The molecule has 8 heteroatoms. The van der Waals surface area contributed by atoms with Crippen LogP contribution in [0.4, 0.5) is 0 Å². The molecule has 0 aliphatic rings. The van der Waals surface area contributed by atoms with Crippen LogP contribution in [0.3, 0.4) is 0 Å². The number of hydrogen-bond donors (Lipinski definition) is 0. The Morgan fingerprint density at radius 2 is 0.962 bits per heavy atom. The standard InChI is InChI=1S/C45H44O6P2/c1-27-17-10-13-22-38(27)46-52(47-39-23-14-11-18-28(39)2)50-44-32(6)25-30(4)34(8)41(44)42-35(9)31(5)26-33(7)45(42)51-53-48-40-24-15-12-20-36(40)37-21-16-19-29(3)43(37)49-53/h10-26H,1-9H3. The molecule has 6 aromatic carbocycles. The highest BCUT2D eigenvalue weighted by molar-refractivity contribution is 7.43. The molecule has 0 N–H and O–H groups in total. The summed E-state index contributed by atoms with van der Waals surface area (Å²) >= 11 is 0. The summed E-state index contributed by atoms with van der Waals surface area (Å²) in [6, 6.07) is 34.3. The first-order valence-corrected chi connectivity index (χ1v) is 19.9. The molecule has 0 bridgehead atoms. The Morgan fingerprint density at radius 3 is 1.58 bits per heavy atom. The van der Waals surface area contributed by atoms with Crippen LogP contribution in [0.5, 0.6) is 23.0 Å². The summed E-state index contributed by atoms with van der Waals surface area (Å²) in [5.74, 6) is 2.74. The Morgan fingerprint density at radius 1 is 0.453 bits per heavy atom. The van der Waals surface area contributed by atoms with E-state index in [2.05, 4.69) is 65.8 Å². The van der Waals surface area contributed by atoms with Crippen LogP contribution in [0.1, 0.15) is 50.1 Å². The molecule has 0 saturated heterocycles.